The molecule has 2 rings (SSSR count). The Morgan fingerprint density at radius 2 is 1.85 bits per heavy atom. The van der Waals surface area contributed by atoms with Gasteiger partial charge in [0.1, 0.15) is 17.5 Å². The molecule has 0 radical (unpaired) electrons. The highest BCUT2D eigenvalue weighted by Gasteiger charge is 2.17. The molecule has 20 heavy (non-hydrogen) atoms. The predicted octanol–water partition coefficient (Wildman–Crippen LogP) is 4.64. The average molecular weight is 344 g/mol. The third-order valence-corrected chi connectivity index (χ3v) is 3.56. The summed E-state index contributed by atoms with van der Waals surface area (Å²) in [6.45, 7) is 2.92. The molecule has 5 heteroatoms. The van der Waals surface area contributed by atoms with Crippen LogP contribution in [0.2, 0.25) is 0 Å². The molecule has 0 aliphatic rings. The first-order valence-corrected chi connectivity index (χ1v) is 6.97. The Labute approximate surface area is 123 Å². The zero-order valence-corrected chi connectivity index (χ0v) is 12.4. The molecule has 2 aromatic rings. The van der Waals surface area contributed by atoms with Crippen molar-refractivity contribution in [1.82, 2.24) is 5.32 Å². The minimum Gasteiger partial charge on any atom is -0.313 e. The summed E-state index contributed by atoms with van der Waals surface area (Å²) < 4.78 is 41.6. The van der Waals surface area contributed by atoms with Crippen molar-refractivity contribution in [2.45, 2.75) is 13.5 Å². The minimum atomic E-state index is -0.686. The van der Waals surface area contributed by atoms with E-state index in [2.05, 4.69) is 21.2 Å². The lowest BCUT2D eigenvalue weighted by Crippen LogP contribution is -2.13. The molecule has 0 amide bonds. The van der Waals surface area contributed by atoms with Crippen LogP contribution in [0.15, 0.2) is 34.8 Å². The van der Waals surface area contributed by atoms with Crippen molar-refractivity contribution < 1.29 is 13.2 Å². The molecule has 0 heterocycles. The van der Waals surface area contributed by atoms with E-state index in [1.807, 2.05) is 6.92 Å². The molecule has 0 saturated heterocycles. The van der Waals surface area contributed by atoms with E-state index in [4.69, 9.17) is 0 Å². The van der Waals surface area contributed by atoms with Gasteiger partial charge < -0.3 is 5.32 Å². The van der Waals surface area contributed by atoms with Gasteiger partial charge in [0.25, 0.3) is 0 Å². The molecular weight excluding hydrogens is 331 g/mol. The third-order valence-electron chi connectivity index (χ3n) is 2.95. The molecular formula is C15H13BrF3N. The van der Waals surface area contributed by atoms with Gasteiger partial charge in [-0.1, -0.05) is 13.0 Å². The quantitative estimate of drug-likeness (QED) is 0.797. The second-order valence-electron chi connectivity index (χ2n) is 4.30. The van der Waals surface area contributed by atoms with E-state index in [1.54, 1.807) is 0 Å². The van der Waals surface area contributed by atoms with E-state index in [1.165, 1.54) is 30.3 Å². The topological polar surface area (TPSA) is 12.0 Å². The molecule has 106 valence electrons. The zero-order valence-electron chi connectivity index (χ0n) is 10.8. The maximum absolute atomic E-state index is 14.1. The van der Waals surface area contributed by atoms with Crippen LogP contribution in [0.25, 0.3) is 11.1 Å². The Balaban J connectivity index is 2.60. The molecule has 0 spiro atoms. The summed E-state index contributed by atoms with van der Waals surface area (Å²) in [6, 6.07) is 6.38. The fourth-order valence-electron chi connectivity index (χ4n) is 1.99. The Morgan fingerprint density at radius 3 is 2.55 bits per heavy atom. The van der Waals surface area contributed by atoms with Crippen LogP contribution in [0, 0.1) is 17.5 Å². The Kier molecular flexibility index (Phi) is 4.83. The summed E-state index contributed by atoms with van der Waals surface area (Å²) in [7, 11) is 0. The van der Waals surface area contributed by atoms with Gasteiger partial charge in [-0.3, -0.25) is 0 Å². The van der Waals surface area contributed by atoms with Gasteiger partial charge in [-0.05, 0) is 57.9 Å². The highest BCUT2D eigenvalue weighted by Crippen LogP contribution is 2.33. The number of hydrogen-bond donors (Lipinski definition) is 1. The number of halogens is 4. The second kappa shape index (κ2) is 6.41. The highest BCUT2D eigenvalue weighted by molar-refractivity contribution is 9.10. The van der Waals surface area contributed by atoms with Gasteiger partial charge in [0, 0.05) is 6.54 Å². The lowest BCUT2D eigenvalue weighted by atomic mass is 9.98. The lowest BCUT2D eigenvalue weighted by Gasteiger charge is -2.13. The van der Waals surface area contributed by atoms with E-state index < -0.39 is 17.5 Å². The predicted molar refractivity (Wildman–Crippen MR) is 76.8 cm³/mol. The molecule has 0 aliphatic carbocycles. The van der Waals surface area contributed by atoms with Crippen LogP contribution in [-0.2, 0) is 6.54 Å². The smallest absolute Gasteiger partial charge is 0.148 e. The van der Waals surface area contributed by atoms with Crippen LogP contribution in [0.5, 0.6) is 0 Å². The van der Waals surface area contributed by atoms with Gasteiger partial charge in [-0.25, -0.2) is 13.2 Å². The molecule has 0 aliphatic heterocycles. The summed E-state index contributed by atoms with van der Waals surface area (Å²) in [5.41, 5.74) is 0.721. The summed E-state index contributed by atoms with van der Waals surface area (Å²) in [4.78, 5) is 0. The summed E-state index contributed by atoms with van der Waals surface area (Å²) in [5, 5.41) is 3.03. The van der Waals surface area contributed by atoms with E-state index in [0.29, 0.717) is 24.2 Å². The normalized spacial score (nSPS) is 10.8. The van der Waals surface area contributed by atoms with Crippen LogP contribution < -0.4 is 5.32 Å². The molecule has 1 N–H and O–H groups in total. The molecule has 1 nitrogen and oxygen atoms in total. The summed E-state index contributed by atoms with van der Waals surface area (Å²) in [5.74, 6) is -1.79. The zero-order chi connectivity index (χ0) is 14.7. The van der Waals surface area contributed by atoms with Gasteiger partial charge in [0.15, 0.2) is 0 Å². The van der Waals surface area contributed by atoms with Gasteiger partial charge in [0.2, 0.25) is 0 Å². The minimum absolute atomic E-state index is 0.146. The van der Waals surface area contributed by atoms with E-state index in [0.717, 1.165) is 0 Å². The first-order chi connectivity index (χ1) is 9.54. The SMILES string of the molecule is CCNCc1cc(F)ccc1-c1c(F)ccc(Br)c1F. The summed E-state index contributed by atoms with van der Waals surface area (Å²) >= 11 is 3.04. The van der Waals surface area contributed by atoms with E-state index >= 15 is 0 Å². The van der Waals surface area contributed by atoms with Crippen molar-refractivity contribution in [2.75, 3.05) is 6.54 Å². The largest absolute Gasteiger partial charge is 0.313 e. The maximum Gasteiger partial charge on any atom is 0.148 e. The fraction of sp³-hybridized carbons (Fsp3) is 0.200. The number of hydrogen-bond acceptors (Lipinski definition) is 1. The van der Waals surface area contributed by atoms with Gasteiger partial charge in [-0.15, -0.1) is 0 Å². The van der Waals surface area contributed by atoms with Crippen molar-refractivity contribution in [2.24, 2.45) is 0 Å². The van der Waals surface area contributed by atoms with E-state index in [9.17, 15) is 13.2 Å². The fourth-order valence-corrected chi connectivity index (χ4v) is 2.32. The summed E-state index contributed by atoms with van der Waals surface area (Å²) in [6.07, 6.45) is 0. The average Bonchev–Trinajstić information content (AvgIpc) is 2.43. The van der Waals surface area contributed by atoms with Gasteiger partial charge in [0.05, 0.1) is 10.0 Å². The monoisotopic (exact) mass is 343 g/mol. The first kappa shape index (κ1) is 15.1. The van der Waals surface area contributed by atoms with Gasteiger partial charge in [-0.2, -0.15) is 0 Å². The van der Waals surface area contributed by atoms with Crippen LogP contribution in [-0.4, -0.2) is 6.54 Å². The van der Waals surface area contributed by atoms with Crippen LogP contribution in [0.1, 0.15) is 12.5 Å². The first-order valence-electron chi connectivity index (χ1n) is 6.17. The van der Waals surface area contributed by atoms with Crippen molar-refractivity contribution >= 4 is 15.9 Å². The Bertz CT molecular complexity index is 629. The van der Waals surface area contributed by atoms with Crippen molar-refractivity contribution in [3.05, 3.63) is 57.8 Å². The standard InChI is InChI=1S/C15H13BrF3N/c1-2-20-8-9-7-10(17)3-4-11(9)14-13(18)6-5-12(16)15(14)19/h3-7,20H,2,8H2,1H3. The van der Waals surface area contributed by atoms with Crippen molar-refractivity contribution in [1.29, 1.82) is 0 Å². The maximum atomic E-state index is 14.1. The molecule has 0 saturated carbocycles. The number of benzene rings is 2. The molecule has 0 bridgehead atoms. The third kappa shape index (κ3) is 3.04. The van der Waals surface area contributed by atoms with Crippen molar-refractivity contribution in [3.63, 3.8) is 0 Å². The molecule has 0 unspecified atom stereocenters. The lowest BCUT2D eigenvalue weighted by molar-refractivity contribution is 0.583. The molecule has 2 aromatic carbocycles. The van der Waals surface area contributed by atoms with Gasteiger partial charge >= 0.3 is 0 Å². The van der Waals surface area contributed by atoms with Crippen LogP contribution >= 0.6 is 15.9 Å². The number of rotatable bonds is 4. The second-order valence-corrected chi connectivity index (χ2v) is 5.15. The molecule has 0 fully saturated rings. The van der Waals surface area contributed by atoms with E-state index in [-0.39, 0.29) is 10.0 Å². The highest BCUT2D eigenvalue weighted by atomic mass is 79.9. The number of nitrogens with one attached hydrogen (secondary N) is 1. The van der Waals surface area contributed by atoms with Crippen molar-refractivity contribution in [3.8, 4) is 11.1 Å². The Hall–Kier alpha value is -1.33. The molecule has 0 aromatic heterocycles. The van der Waals surface area contributed by atoms with Crippen LogP contribution in [0.3, 0.4) is 0 Å². The van der Waals surface area contributed by atoms with Crippen LogP contribution in [0.4, 0.5) is 13.2 Å². The molecule has 0 atom stereocenters. The Morgan fingerprint density at radius 1 is 1.10 bits per heavy atom.